The predicted octanol–water partition coefficient (Wildman–Crippen LogP) is 2.73. The van der Waals surface area contributed by atoms with Crippen molar-refractivity contribution in [3.05, 3.63) is 52.7 Å². The van der Waals surface area contributed by atoms with Gasteiger partial charge < -0.3 is 10.1 Å². The molecule has 1 aromatic carbocycles. The first-order chi connectivity index (χ1) is 10.5. The summed E-state index contributed by atoms with van der Waals surface area (Å²) in [6, 6.07) is 9.88. The van der Waals surface area contributed by atoms with Gasteiger partial charge in [0, 0.05) is 46.3 Å². The molecule has 1 N–H and O–H groups in total. The molecule has 0 bridgehead atoms. The van der Waals surface area contributed by atoms with Crippen molar-refractivity contribution in [3.63, 3.8) is 0 Å². The summed E-state index contributed by atoms with van der Waals surface area (Å²) in [6.07, 6.45) is 1.69. The fourth-order valence-corrected chi connectivity index (χ4v) is 2.86. The third-order valence-electron chi connectivity index (χ3n) is 3.52. The maximum absolute atomic E-state index is 11.4. The van der Waals surface area contributed by atoms with Gasteiger partial charge in [-0.1, -0.05) is 12.1 Å². The lowest BCUT2D eigenvalue weighted by Crippen LogP contribution is -2.15. The quantitative estimate of drug-likeness (QED) is 0.890. The Balaban J connectivity index is 2.00. The molecule has 0 aliphatic rings. The number of nitrogens with zero attached hydrogens (tertiary/aromatic N) is 1. The molecule has 0 spiro atoms. The fraction of sp³-hybridized carbons (Fsp3) is 0.353. The number of rotatable bonds is 6. The topological polar surface area (TPSA) is 51.2 Å². The van der Waals surface area contributed by atoms with Gasteiger partial charge in [-0.2, -0.15) is 0 Å². The van der Waals surface area contributed by atoms with Crippen LogP contribution in [-0.2, 0) is 23.9 Å². The van der Waals surface area contributed by atoms with Crippen LogP contribution in [0, 0.1) is 13.8 Å². The maximum Gasteiger partial charge on any atom is 0.218 e. The van der Waals surface area contributed by atoms with E-state index in [0.29, 0.717) is 12.4 Å². The molecule has 1 aromatic heterocycles. The Bertz CT molecular complexity index is 669. The smallest absolute Gasteiger partial charge is 0.218 e. The van der Waals surface area contributed by atoms with Crippen LogP contribution in [0.3, 0.4) is 0 Å². The van der Waals surface area contributed by atoms with Crippen LogP contribution in [0.2, 0.25) is 0 Å². The van der Waals surface area contributed by atoms with Gasteiger partial charge in [0.2, 0.25) is 5.88 Å². The summed E-state index contributed by atoms with van der Waals surface area (Å²) >= 11 is 0. The van der Waals surface area contributed by atoms with Crippen LogP contribution in [0.4, 0.5) is 0 Å². The monoisotopic (exact) mass is 318 g/mol. The lowest BCUT2D eigenvalue weighted by atomic mass is 10.1. The minimum Gasteiger partial charge on any atom is -0.481 e. The molecule has 0 unspecified atom stereocenters. The minimum atomic E-state index is -0.928. The van der Waals surface area contributed by atoms with E-state index in [-0.39, 0.29) is 0 Å². The molecule has 2 rings (SSSR count). The number of hydrogen-bond acceptors (Lipinski definition) is 4. The molecule has 5 heteroatoms. The van der Waals surface area contributed by atoms with Crippen LogP contribution < -0.4 is 10.1 Å². The zero-order chi connectivity index (χ0) is 16.1. The van der Waals surface area contributed by atoms with Crippen LogP contribution in [0.1, 0.15) is 22.4 Å². The molecule has 118 valence electrons. The Kier molecular flexibility index (Phi) is 5.69. The molecule has 0 aliphatic carbocycles. The van der Waals surface area contributed by atoms with E-state index in [1.165, 1.54) is 5.56 Å². The first-order valence-electron chi connectivity index (χ1n) is 7.15. The Labute approximate surface area is 134 Å². The van der Waals surface area contributed by atoms with Gasteiger partial charge in [-0.3, -0.25) is 4.21 Å². The van der Waals surface area contributed by atoms with Gasteiger partial charge >= 0.3 is 0 Å². The van der Waals surface area contributed by atoms with Gasteiger partial charge in [0.1, 0.15) is 0 Å². The molecule has 0 radical (unpaired) electrons. The lowest BCUT2D eigenvalue weighted by molar-refractivity contribution is 0.389. The van der Waals surface area contributed by atoms with Crippen molar-refractivity contribution in [2.75, 3.05) is 13.4 Å². The van der Waals surface area contributed by atoms with Crippen LogP contribution in [0.15, 0.2) is 35.2 Å². The Morgan fingerprint density at radius 1 is 1.18 bits per heavy atom. The van der Waals surface area contributed by atoms with Crippen molar-refractivity contribution in [2.45, 2.75) is 31.8 Å². The number of aryl methyl sites for hydroxylation is 2. The first kappa shape index (κ1) is 16.6. The van der Waals surface area contributed by atoms with Crippen LogP contribution in [0.5, 0.6) is 5.88 Å². The van der Waals surface area contributed by atoms with E-state index in [9.17, 15) is 4.21 Å². The molecule has 0 saturated heterocycles. The number of nitrogens with one attached hydrogen (secondary N) is 1. The van der Waals surface area contributed by atoms with E-state index in [4.69, 9.17) is 4.74 Å². The second-order valence-corrected chi connectivity index (χ2v) is 6.65. The van der Waals surface area contributed by atoms with Gasteiger partial charge in [0.25, 0.3) is 0 Å². The van der Waals surface area contributed by atoms with Crippen LogP contribution >= 0.6 is 0 Å². The number of ether oxygens (including phenoxy) is 1. The predicted molar refractivity (Wildman–Crippen MR) is 89.6 cm³/mol. The zero-order valence-electron chi connectivity index (χ0n) is 13.5. The first-order valence-corrected chi connectivity index (χ1v) is 8.71. The highest BCUT2D eigenvalue weighted by atomic mass is 32.2. The number of methoxy groups -OCH3 is 1. The van der Waals surface area contributed by atoms with Crippen molar-refractivity contribution >= 4 is 10.8 Å². The van der Waals surface area contributed by atoms with E-state index < -0.39 is 10.8 Å². The standard InChI is InChI=1S/C17H22N2O2S/c1-12-9-13(2)19-17(21-3)16(12)11-18-10-14-5-7-15(8-6-14)22(4)20/h5-9,18H,10-11H2,1-4H3/t22-/m1/s1. The van der Waals surface area contributed by atoms with Crippen molar-refractivity contribution in [2.24, 2.45) is 0 Å². The summed E-state index contributed by atoms with van der Waals surface area (Å²) in [5.41, 5.74) is 4.38. The second kappa shape index (κ2) is 7.51. The van der Waals surface area contributed by atoms with Crippen molar-refractivity contribution in [3.8, 4) is 5.88 Å². The average Bonchev–Trinajstić information content (AvgIpc) is 2.49. The molecule has 0 aliphatic heterocycles. The van der Waals surface area contributed by atoms with E-state index in [1.54, 1.807) is 13.4 Å². The summed E-state index contributed by atoms with van der Waals surface area (Å²) < 4.78 is 16.7. The Morgan fingerprint density at radius 2 is 1.86 bits per heavy atom. The van der Waals surface area contributed by atoms with Gasteiger partial charge in [-0.05, 0) is 43.2 Å². The van der Waals surface area contributed by atoms with Gasteiger partial charge in [0.15, 0.2) is 0 Å². The molecule has 0 fully saturated rings. The van der Waals surface area contributed by atoms with Crippen molar-refractivity contribution < 1.29 is 8.95 Å². The van der Waals surface area contributed by atoms with Crippen LogP contribution in [-0.4, -0.2) is 22.6 Å². The van der Waals surface area contributed by atoms with Gasteiger partial charge in [-0.25, -0.2) is 4.98 Å². The third-order valence-corrected chi connectivity index (χ3v) is 4.45. The van der Waals surface area contributed by atoms with Crippen LogP contribution in [0.25, 0.3) is 0 Å². The molecule has 0 saturated carbocycles. The fourth-order valence-electron chi connectivity index (χ4n) is 2.34. The number of hydrogen-bond donors (Lipinski definition) is 1. The molecule has 4 nitrogen and oxygen atoms in total. The highest BCUT2D eigenvalue weighted by Crippen LogP contribution is 2.20. The largest absolute Gasteiger partial charge is 0.481 e. The number of aromatic nitrogens is 1. The normalized spacial score (nSPS) is 12.2. The molecule has 1 heterocycles. The SMILES string of the molecule is COc1nc(C)cc(C)c1CNCc1ccc([S@@](C)=O)cc1. The third kappa shape index (κ3) is 4.15. The summed E-state index contributed by atoms with van der Waals surface area (Å²) in [5.74, 6) is 0.682. The summed E-state index contributed by atoms with van der Waals surface area (Å²) in [5, 5.41) is 3.41. The van der Waals surface area contributed by atoms with Crippen molar-refractivity contribution in [1.82, 2.24) is 10.3 Å². The average molecular weight is 318 g/mol. The Morgan fingerprint density at radius 3 is 2.45 bits per heavy atom. The van der Waals surface area contributed by atoms with E-state index in [2.05, 4.69) is 23.3 Å². The van der Waals surface area contributed by atoms with E-state index >= 15 is 0 Å². The second-order valence-electron chi connectivity index (χ2n) is 5.27. The number of pyridine rings is 1. The highest BCUT2D eigenvalue weighted by molar-refractivity contribution is 7.84. The summed E-state index contributed by atoms with van der Waals surface area (Å²) in [7, 11) is 0.720. The Hall–Kier alpha value is -1.72. The van der Waals surface area contributed by atoms with Gasteiger partial charge in [0.05, 0.1) is 7.11 Å². The molecule has 0 amide bonds. The van der Waals surface area contributed by atoms with E-state index in [1.807, 2.05) is 31.2 Å². The van der Waals surface area contributed by atoms with Gasteiger partial charge in [-0.15, -0.1) is 0 Å². The molecular weight excluding hydrogens is 296 g/mol. The van der Waals surface area contributed by atoms with Crippen molar-refractivity contribution in [1.29, 1.82) is 0 Å². The maximum atomic E-state index is 11.4. The molecule has 22 heavy (non-hydrogen) atoms. The zero-order valence-corrected chi connectivity index (χ0v) is 14.3. The molecule has 1 atom stereocenters. The minimum absolute atomic E-state index is 0.682. The summed E-state index contributed by atoms with van der Waals surface area (Å²) in [4.78, 5) is 5.26. The molecular formula is C17H22N2O2S. The van der Waals surface area contributed by atoms with E-state index in [0.717, 1.165) is 28.3 Å². The highest BCUT2D eigenvalue weighted by Gasteiger charge is 2.09. The lowest BCUT2D eigenvalue weighted by Gasteiger charge is -2.13. The molecule has 2 aromatic rings. The summed E-state index contributed by atoms with van der Waals surface area (Å²) in [6.45, 7) is 5.47. The number of benzene rings is 1.